The highest BCUT2D eigenvalue weighted by Gasteiger charge is 2.13. The van der Waals surface area contributed by atoms with Crippen LogP contribution in [0, 0.1) is 6.92 Å². The molecule has 24 heavy (non-hydrogen) atoms. The highest BCUT2D eigenvalue weighted by molar-refractivity contribution is 9.10. The van der Waals surface area contributed by atoms with Crippen molar-refractivity contribution < 1.29 is 4.74 Å². The van der Waals surface area contributed by atoms with Crippen molar-refractivity contribution in [3.05, 3.63) is 69.5 Å². The number of halogens is 1. The van der Waals surface area contributed by atoms with Crippen LogP contribution in [0.2, 0.25) is 0 Å². The van der Waals surface area contributed by atoms with Crippen molar-refractivity contribution >= 4 is 42.9 Å². The van der Waals surface area contributed by atoms with E-state index in [1.807, 2.05) is 0 Å². The Kier molecular flexibility index (Phi) is 5.42. The van der Waals surface area contributed by atoms with Gasteiger partial charge in [0, 0.05) is 9.58 Å². The lowest BCUT2D eigenvalue weighted by molar-refractivity contribution is 0.307. The quantitative estimate of drug-likeness (QED) is 0.397. The molecule has 3 aromatic rings. The van der Waals surface area contributed by atoms with E-state index in [2.05, 4.69) is 78.8 Å². The van der Waals surface area contributed by atoms with Crippen LogP contribution in [0.15, 0.2) is 53.5 Å². The van der Waals surface area contributed by atoms with Gasteiger partial charge >= 0.3 is 0 Å². The fraction of sp³-hybridized carbons (Fsp3) is 0.238. The molecule has 0 aliphatic carbocycles. The first-order valence-electron chi connectivity index (χ1n) is 8.21. The summed E-state index contributed by atoms with van der Waals surface area (Å²) in [5.41, 5.74) is 3.41. The largest absolute Gasteiger partial charge is 0.492 e. The number of rotatable bonds is 6. The molecule has 3 heteroatoms. The fourth-order valence-electron chi connectivity index (χ4n) is 2.68. The summed E-state index contributed by atoms with van der Waals surface area (Å²) in [5.74, 6) is 0.911. The first-order chi connectivity index (χ1) is 11.6. The van der Waals surface area contributed by atoms with Crippen LogP contribution >= 0.6 is 27.3 Å². The molecule has 124 valence electrons. The van der Waals surface area contributed by atoms with E-state index < -0.39 is 0 Å². The minimum Gasteiger partial charge on any atom is -0.492 e. The van der Waals surface area contributed by atoms with Crippen LogP contribution in [0.3, 0.4) is 0 Å². The normalized spacial score (nSPS) is 11.0. The molecular formula is C21H21BrOS. The van der Waals surface area contributed by atoms with Crippen molar-refractivity contribution in [2.45, 2.75) is 26.7 Å². The Bertz CT molecular complexity index is 846. The molecule has 0 aliphatic heterocycles. The molecule has 0 saturated carbocycles. The second kappa shape index (κ2) is 7.54. The summed E-state index contributed by atoms with van der Waals surface area (Å²) in [5, 5.41) is 1.27. The lowest BCUT2D eigenvalue weighted by atomic mass is 10.00. The summed E-state index contributed by atoms with van der Waals surface area (Å²) in [6.07, 6.45) is 2.21. The van der Waals surface area contributed by atoms with Gasteiger partial charge in [-0.3, -0.25) is 0 Å². The first kappa shape index (κ1) is 17.2. The SMILES string of the molecule is C=C(c1cc2ccccc2s1)c1cc(Br)c(OCCCC)cc1C. The number of hydrogen-bond donors (Lipinski definition) is 0. The molecule has 1 aromatic heterocycles. The molecule has 0 unspecified atom stereocenters. The van der Waals surface area contributed by atoms with Gasteiger partial charge in [-0.15, -0.1) is 11.3 Å². The van der Waals surface area contributed by atoms with Crippen molar-refractivity contribution in [1.29, 1.82) is 0 Å². The molecule has 2 aromatic carbocycles. The van der Waals surface area contributed by atoms with Gasteiger partial charge < -0.3 is 4.74 Å². The number of aryl methyl sites for hydroxylation is 1. The maximum Gasteiger partial charge on any atom is 0.133 e. The van der Waals surface area contributed by atoms with E-state index in [1.165, 1.54) is 20.5 Å². The fourth-order valence-corrected chi connectivity index (χ4v) is 4.19. The zero-order chi connectivity index (χ0) is 17.1. The second-order valence-corrected chi connectivity index (χ2v) is 7.86. The summed E-state index contributed by atoms with van der Waals surface area (Å²) in [6, 6.07) is 14.9. The maximum absolute atomic E-state index is 5.87. The van der Waals surface area contributed by atoms with E-state index in [-0.39, 0.29) is 0 Å². The molecule has 0 bridgehead atoms. The van der Waals surface area contributed by atoms with Gasteiger partial charge in [-0.25, -0.2) is 0 Å². The number of ether oxygens (including phenoxy) is 1. The standard InChI is InChI=1S/C21H21BrOS/c1-4-5-10-23-19-11-14(2)17(13-18(19)22)15(3)21-12-16-8-6-7-9-20(16)24-21/h6-9,11-13H,3-5,10H2,1-2H3. The van der Waals surface area contributed by atoms with Gasteiger partial charge in [0.05, 0.1) is 11.1 Å². The van der Waals surface area contributed by atoms with E-state index in [1.54, 1.807) is 11.3 Å². The van der Waals surface area contributed by atoms with Crippen LogP contribution in [0.5, 0.6) is 5.75 Å². The van der Waals surface area contributed by atoms with Crippen LogP contribution in [0.1, 0.15) is 35.8 Å². The third-order valence-electron chi connectivity index (χ3n) is 4.08. The van der Waals surface area contributed by atoms with Crippen LogP contribution in [-0.4, -0.2) is 6.61 Å². The molecule has 1 nitrogen and oxygen atoms in total. The van der Waals surface area contributed by atoms with Gasteiger partial charge in [-0.1, -0.05) is 38.1 Å². The molecule has 0 fully saturated rings. The highest BCUT2D eigenvalue weighted by Crippen LogP contribution is 2.37. The number of benzene rings is 2. The lowest BCUT2D eigenvalue weighted by Crippen LogP contribution is -1.99. The zero-order valence-electron chi connectivity index (χ0n) is 14.1. The molecule has 0 spiro atoms. The molecule has 3 rings (SSSR count). The molecule has 0 radical (unpaired) electrons. The van der Waals surface area contributed by atoms with E-state index >= 15 is 0 Å². The van der Waals surface area contributed by atoms with Crippen LogP contribution < -0.4 is 4.74 Å². The minimum absolute atomic E-state index is 0.755. The smallest absolute Gasteiger partial charge is 0.133 e. The maximum atomic E-state index is 5.87. The molecule has 0 aliphatic rings. The Morgan fingerprint density at radius 2 is 2.00 bits per heavy atom. The predicted molar refractivity (Wildman–Crippen MR) is 109 cm³/mol. The van der Waals surface area contributed by atoms with E-state index in [9.17, 15) is 0 Å². The summed E-state index contributed by atoms with van der Waals surface area (Å²) in [6.45, 7) is 9.39. The lowest BCUT2D eigenvalue weighted by Gasteiger charge is -2.13. The van der Waals surface area contributed by atoms with Crippen molar-refractivity contribution in [2.75, 3.05) is 6.61 Å². The van der Waals surface area contributed by atoms with Gasteiger partial charge in [0.1, 0.15) is 5.75 Å². The Morgan fingerprint density at radius 1 is 1.21 bits per heavy atom. The zero-order valence-corrected chi connectivity index (χ0v) is 16.5. The Morgan fingerprint density at radius 3 is 2.75 bits per heavy atom. The summed E-state index contributed by atoms with van der Waals surface area (Å²) >= 11 is 5.44. The summed E-state index contributed by atoms with van der Waals surface area (Å²) < 4.78 is 8.16. The Balaban J connectivity index is 1.90. The van der Waals surface area contributed by atoms with Crippen molar-refractivity contribution in [3.63, 3.8) is 0 Å². The molecular weight excluding hydrogens is 380 g/mol. The van der Waals surface area contributed by atoms with Gasteiger partial charge in [0.2, 0.25) is 0 Å². The average Bonchev–Trinajstić information content (AvgIpc) is 3.01. The van der Waals surface area contributed by atoms with Crippen LogP contribution in [0.25, 0.3) is 15.7 Å². The number of thiophene rings is 1. The Hall–Kier alpha value is -1.58. The number of hydrogen-bond acceptors (Lipinski definition) is 2. The van der Waals surface area contributed by atoms with Crippen molar-refractivity contribution in [3.8, 4) is 5.75 Å². The van der Waals surface area contributed by atoms with E-state index in [0.29, 0.717) is 0 Å². The minimum atomic E-state index is 0.755. The summed E-state index contributed by atoms with van der Waals surface area (Å²) in [7, 11) is 0. The topological polar surface area (TPSA) is 9.23 Å². The van der Waals surface area contributed by atoms with E-state index in [0.717, 1.165) is 40.8 Å². The van der Waals surface area contributed by atoms with Gasteiger partial charge in [0.25, 0.3) is 0 Å². The molecule has 0 N–H and O–H groups in total. The van der Waals surface area contributed by atoms with Gasteiger partial charge in [-0.2, -0.15) is 0 Å². The monoisotopic (exact) mass is 400 g/mol. The molecule has 0 atom stereocenters. The average molecular weight is 401 g/mol. The Labute approximate surface area is 156 Å². The predicted octanol–water partition coefficient (Wildman–Crippen LogP) is 7.21. The molecule has 1 heterocycles. The van der Waals surface area contributed by atoms with Crippen LogP contribution in [0.4, 0.5) is 0 Å². The first-order valence-corrected chi connectivity index (χ1v) is 9.82. The van der Waals surface area contributed by atoms with Crippen molar-refractivity contribution in [2.24, 2.45) is 0 Å². The molecule has 0 saturated heterocycles. The second-order valence-electron chi connectivity index (χ2n) is 5.93. The van der Waals surface area contributed by atoms with Gasteiger partial charge in [-0.05, 0) is 75.6 Å². The van der Waals surface area contributed by atoms with Crippen molar-refractivity contribution in [1.82, 2.24) is 0 Å². The molecule has 0 amide bonds. The number of fused-ring (bicyclic) bond motifs is 1. The van der Waals surface area contributed by atoms with E-state index in [4.69, 9.17) is 4.74 Å². The summed E-state index contributed by atoms with van der Waals surface area (Å²) in [4.78, 5) is 1.21. The third kappa shape index (κ3) is 3.57. The number of unbranched alkanes of at least 4 members (excludes halogenated alkanes) is 1. The van der Waals surface area contributed by atoms with Gasteiger partial charge in [0.15, 0.2) is 0 Å². The van der Waals surface area contributed by atoms with Crippen LogP contribution in [-0.2, 0) is 0 Å². The highest BCUT2D eigenvalue weighted by atomic mass is 79.9. The third-order valence-corrected chi connectivity index (χ3v) is 5.88.